The van der Waals surface area contributed by atoms with Gasteiger partial charge < -0.3 is 34.7 Å². The molecule has 3 aromatic rings. The van der Waals surface area contributed by atoms with Gasteiger partial charge in [-0.1, -0.05) is 39.0 Å². The summed E-state index contributed by atoms with van der Waals surface area (Å²) in [5.41, 5.74) is 0.508. The van der Waals surface area contributed by atoms with Crippen LogP contribution in [0.5, 0.6) is 11.6 Å². The number of rotatable bonds is 11. The maximum atomic E-state index is 16.4. The van der Waals surface area contributed by atoms with Gasteiger partial charge in [0.2, 0.25) is 11.8 Å². The molecule has 240 valence electrons. The number of aromatic nitrogens is 4. The number of anilines is 1. The Morgan fingerprint density at radius 2 is 1.95 bits per heavy atom. The maximum absolute atomic E-state index is 16.4. The van der Waals surface area contributed by atoms with Gasteiger partial charge in [-0.15, -0.1) is 0 Å². The lowest BCUT2D eigenvalue weighted by atomic mass is 9.95. The quantitative estimate of drug-likeness (QED) is 0.176. The predicted molar refractivity (Wildman–Crippen MR) is 153 cm³/mol. The molecule has 1 saturated carbocycles. The number of nitrogens with two attached hydrogens (primary N) is 1. The van der Waals surface area contributed by atoms with E-state index in [1.54, 1.807) is 25.1 Å². The van der Waals surface area contributed by atoms with Gasteiger partial charge in [-0.2, -0.15) is 15.1 Å². The molecule has 17 heteroatoms. The van der Waals surface area contributed by atoms with Gasteiger partial charge in [0.05, 0.1) is 19.5 Å². The molecule has 44 heavy (non-hydrogen) atoms. The highest BCUT2D eigenvalue weighted by atomic mass is 31.2. The molecule has 5 rings (SSSR count). The number of aliphatic hydroxyl groups is 2. The highest BCUT2D eigenvalue weighted by Crippen LogP contribution is 2.72. The molecule has 7 atom stereocenters. The fourth-order valence-electron chi connectivity index (χ4n) is 4.92. The minimum Gasteiger partial charge on any atom is -0.476 e. The molecule has 5 N–H and O–H groups in total. The number of para-hydroxylation sites is 1. The predicted octanol–water partition coefficient (Wildman–Crippen LogP) is 2.64. The maximum Gasteiger partial charge on any atom is 0.460 e. The first-order chi connectivity index (χ1) is 20.5. The van der Waals surface area contributed by atoms with Crippen LogP contribution >= 0.6 is 7.75 Å². The van der Waals surface area contributed by atoms with Gasteiger partial charge in [-0.3, -0.25) is 13.9 Å². The first kappa shape index (κ1) is 32.0. The van der Waals surface area contributed by atoms with Crippen LogP contribution in [0, 0.1) is 5.41 Å². The fraction of sp³-hybridized carbons (Fsp3) is 0.556. The molecule has 2 aliphatic rings. The second-order valence-corrected chi connectivity index (χ2v) is 13.7. The molecule has 1 aliphatic heterocycles. The average molecular weight is 639 g/mol. The molecule has 1 saturated heterocycles. The van der Waals surface area contributed by atoms with Gasteiger partial charge >= 0.3 is 13.7 Å². The van der Waals surface area contributed by atoms with Gasteiger partial charge in [-0.05, 0) is 38.3 Å². The van der Waals surface area contributed by atoms with E-state index >= 15 is 4.39 Å². The molecular weight excluding hydrogens is 602 g/mol. The Morgan fingerprint density at radius 3 is 2.55 bits per heavy atom. The number of ether oxygens (including phenoxy) is 3. The molecule has 3 heterocycles. The Bertz CT molecular complexity index is 1600. The molecule has 0 amide bonds. The van der Waals surface area contributed by atoms with Gasteiger partial charge in [0.1, 0.15) is 17.4 Å². The summed E-state index contributed by atoms with van der Waals surface area (Å²) in [5.74, 6) is -3.91. The average Bonchev–Trinajstić information content (AvgIpc) is 3.17. The zero-order chi connectivity index (χ0) is 32.3. The lowest BCUT2D eigenvalue weighted by Crippen LogP contribution is -2.49. The largest absolute Gasteiger partial charge is 0.476 e. The molecule has 2 aromatic heterocycles. The third kappa shape index (κ3) is 5.39. The topological polar surface area (TPSA) is 202 Å². The van der Waals surface area contributed by atoms with E-state index in [1.807, 2.05) is 20.8 Å². The number of nitrogens with zero attached hydrogens (tertiary/aromatic N) is 4. The van der Waals surface area contributed by atoms with Crippen LogP contribution in [0.3, 0.4) is 0 Å². The summed E-state index contributed by atoms with van der Waals surface area (Å²) in [4.78, 5) is 25.0. The van der Waals surface area contributed by atoms with Crippen LogP contribution in [0.25, 0.3) is 11.2 Å². The number of imidazole rings is 1. The van der Waals surface area contributed by atoms with Crippen molar-refractivity contribution >= 4 is 30.8 Å². The van der Waals surface area contributed by atoms with Crippen molar-refractivity contribution in [2.24, 2.45) is 5.41 Å². The number of alkyl halides is 1. The van der Waals surface area contributed by atoms with E-state index in [9.17, 15) is 19.6 Å². The number of halogens is 1. The Labute approximate surface area is 252 Å². The van der Waals surface area contributed by atoms with Crippen molar-refractivity contribution in [3.63, 3.8) is 0 Å². The van der Waals surface area contributed by atoms with Crippen molar-refractivity contribution in [3.05, 3.63) is 36.7 Å². The zero-order valence-corrected chi connectivity index (χ0v) is 25.9. The van der Waals surface area contributed by atoms with Crippen molar-refractivity contribution in [2.75, 3.05) is 18.9 Å². The van der Waals surface area contributed by atoms with Crippen molar-refractivity contribution in [1.29, 1.82) is 0 Å². The molecule has 0 spiro atoms. The lowest BCUT2D eigenvalue weighted by molar-refractivity contribution is -0.178. The van der Waals surface area contributed by atoms with Crippen LogP contribution in [0.2, 0.25) is 0 Å². The molecular formula is C27H36FN6O9P. The number of hydrogen-bond acceptors (Lipinski definition) is 13. The van der Waals surface area contributed by atoms with E-state index in [4.69, 9.17) is 29.0 Å². The molecule has 2 fully saturated rings. The Kier molecular flexibility index (Phi) is 7.92. The van der Waals surface area contributed by atoms with Crippen molar-refractivity contribution in [2.45, 2.75) is 77.0 Å². The SMILES string of the molecule is CCOc1nc(N)nc2c1ncn2[C@@H]1O[C@]2(F)C(OP(=O)(NC(C)C(=O)OCC(C)(C)C)Oc3ccccc3)[C@]2(O)[C@@]1(C)O. The van der Waals surface area contributed by atoms with Gasteiger partial charge in [-0.25, -0.2) is 13.9 Å². The van der Waals surface area contributed by atoms with Crippen molar-refractivity contribution in [1.82, 2.24) is 24.6 Å². The Morgan fingerprint density at radius 1 is 1.27 bits per heavy atom. The second kappa shape index (κ2) is 10.9. The summed E-state index contributed by atoms with van der Waals surface area (Å²) >= 11 is 0. The van der Waals surface area contributed by atoms with Crippen LogP contribution in [0.4, 0.5) is 10.3 Å². The summed E-state index contributed by atoms with van der Waals surface area (Å²) in [7, 11) is -4.66. The van der Waals surface area contributed by atoms with E-state index < -0.39 is 49.1 Å². The van der Waals surface area contributed by atoms with Crippen LogP contribution < -0.4 is 20.1 Å². The summed E-state index contributed by atoms with van der Waals surface area (Å²) in [6, 6.07) is 6.56. The molecule has 15 nitrogen and oxygen atoms in total. The van der Waals surface area contributed by atoms with Crippen LogP contribution in [0.1, 0.15) is 47.8 Å². The van der Waals surface area contributed by atoms with E-state index in [0.29, 0.717) is 0 Å². The van der Waals surface area contributed by atoms with Gasteiger partial charge in [0.25, 0.3) is 5.85 Å². The smallest absolute Gasteiger partial charge is 0.460 e. The first-order valence-corrected chi connectivity index (χ1v) is 15.4. The van der Waals surface area contributed by atoms with Crippen molar-refractivity contribution in [3.8, 4) is 11.6 Å². The minimum atomic E-state index is -4.66. The van der Waals surface area contributed by atoms with E-state index in [0.717, 1.165) is 6.92 Å². The molecule has 0 radical (unpaired) electrons. The van der Waals surface area contributed by atoms with Crippen LogP contribution in [-0.2, 0) is 23.4 Å². The number of carbonyl (C=O) groups excluding carboxylic acids is 1. The molecule has 0 bridgehead atoms. The highest BCUT2D eigenvalue weighted by Gasteiger charge is 2.95. The highest BCUT2D eigenvalue weighted by molar-refractivity contribution is 7.52. The summed E-state index contributed by atoms with van der Waals surface area (Å²) in [5, 5.41) is 25.5. The monoisotopic (exact) mass is 638 g/mol. The Balaban J connectivity index is 1.42. The number of esters is 1. The van der Waals surface area contributed by atoms with Crippen molar-refractivity contribution < 1.29 is 47.2 Å². The number of carbonyl (C=O) groups is 1. The zero-order valence-electron chi connectivity index (χ0n) is 25.1. The van der Waals surface area contributed by atoms with Crippen LogP contribution in [-0.4, -0.2) is 78.1 Å². The molecule has 3 unspecified atom stereocenters. The van der Waals surface area contributed by atoms with E-state index in [2.05, 4.69) is 20.0 Å². The summed E-state index contributed by atoms with van der Waals surface area (Å²) in [6.07, 6.45) is -2.42. The number of nitrogens with one attached hydrogen (secondary N) is 1. The third-order valence-corrected chi connectivity index (χ3v) is 8.84. The number of nitrogen functional groups attached to an aromatic ring is 1. The Hall–Kier alpha value is -3.40. The molecule has 1 aliphatic carbocycles. The van der Waals surface area contributed by atoms with E-state index in [-0.39, 0.29) is 47.4 Å². The summed E-state index contributed by atoms with van der Waals surface area (Å²) < 4.78 is 59.1. The second-order valence-electron chi connectivity index (χ2n) is 12.1. The fourth-order valence-corrected chi connectivity index (χ4v) is 6.62. The van der Waals surface area contributed by atoms with E-state index in [1.165, 1.54) is 30.0 Å². The third-order valence-electron chi connectivity index (χ3n) is 7.19. The summed E-state index contributed by atoms with van der Waals surface area (Å²) in [6.45, 7) is 10.1. The molecule has 1 aromatic carbocycles. The number of benzene rings is 1. The number of hydrogen-bond donors (Lipinski definition) is 4. The van der Waals surface area contributed by atoms with Crippen LogP contribution in [0.15, 0.2) is 36.7 Å². The lowest BCUT2D eigenvalue weighted by Gasteiger charge is -2.33. The minimum absolute atomic E-state index is 0.0412. The normalized spacial score (nSPS) is 29.9. The van der Waals surface area contributed by atoms with Gasteiger partial charge in [0, 0.05) is 0 Å². The number of fused-ring (bicyclic) bond motifs is 2. The first-order valence-electron chi connectivity index (χ1n) is 13.9. The standard InChI is InChI=1S/C27H36FN6O9P/c1-7-39-19-17-18(31-23(29)32-19)34(14-30-17)22-25(6,36)26(37)21(27(26,28)41-22)43-44(38,42-16-11-9-8-10-12-16)33-15(2)20(35)40-13-24(3,4)5/h8-12,14-15,21-22,36-37H,7,13H2,1-6H3,(H,33,38)(H2,29,31,32)/t15?,21?,22-,25+,26+,27-,44?/m1/s1. The van der Waals surface area contributed by atoms with Gasteiger partial charge in [0.15, 0.2) is 29.1 Å².